The van der Waals surface area contributed by atoms with Crippen LogP contribution in [0.4, 0.5) is 17.3 Å². The van der Waals surface area contributed by atoms with Crippen LogP contribution in [-0.2, 0) is 4.79 Å². The van der Waals surface area contributed by atoms with Gasteiger partial charge >= 0.3 is 0 Å². The van der Waals surface area contributed by atoms with Gasteiger partial charge in [-0.1, -0.05) is 24.3 Å². The fourth-order valence-electron chi connectivity index (χ4n) is 4.29. The molecule has 1 atom stereocenters. The summed E-state index contributed by atoms with van der Waals surface area (Å²) in [7, 11) is 1.54. The van der Waals surface area contributed by atoms with Gasteiger partial charge in [0.1, 0.15) is 5.75 Å². The van der Waals surface area contributed by atoms with Crippen molar-refractivity contribution >= 4 is 34.3 Å². The predicted molar refractivity (Wildman–Crippen MR) is 129 cm³/mol. The van der Waals surface area contributed by atoms with Gasteiger partial charge in [0.25, 0.3) is 11.6 Å². The Bertz CT molecular complexity index is 1460. The van der Waals surface area contributed by atoms with Crippen LogP contribution in [0.5, 0.6) is 5.75 Å². The van der Waals surface area contributed by atoms with Crippen molar-refractivity contribution in [3.63, 3.8) is 0 Å². The standard InChI is InChI=1S/C25H21N5O4/c1-15-22(24(31)27-19-8-4-6-10-21(19)34-2)23(16-11-13-17(14-12-16)30(32)33)29-20-9-5-3-7-18(20)28-25(29)26-15/h3-14,23H,1-2H3,(H,26,28)(H,27,31)/t23-/m0/s1. The Morgan fingerprint density at radius 2 is 1.79 bits per heavy atom. The topological polar surface area (TPSA) is 111 Å². The first-order valence-corrected chi connectivity index (χ1v) is 10.6. The molecule has 1 aliphatic heterocycles. The number of nitrogens with one attached hydrogen (secondary N) is 2. The zero-order valence-corrected chi connectivity index (χ0v) is 18.5. The van der Waals surface area contributed by atoms with Gasteiger partial charge in [-0.25, -0.2) is 4.98 Å². The molecule has 2 heterocycles. The van der Waals surface area contributed by atoms with E-state index in [0.29, 0.717) is 28.7 Å². The normalized spacial score (nSPS) is 14.9. The lowest BCUT2D eigenvalue weighted by atomic mass is 9.94. The molecule has 34 heavy (non-hydrogen) atoms. The van der Waals surface area contributed by atoms with Gasteiger partial charge in [-0.15, -0.1) is 0 Å². The minimum atomic E-state index is -0.556. The summed E-state index contributed by atoms with van der Waals surface area (Å²) in [6, 6.07) is 20.5. The number of ether oxygens (including phenoxy) is 1. The van der Waals surface area contributed by atoms with E-state index in [-0.39, 0.29) is 11.6 Å². The van der Waals surface area contributed by atoms with Gasteiger partial charge in [0.2, 0.25) is 5.95 Å². The number of anilines is 2. The number of fused-ring (bicyclic) bond motifs is 3. The van der Waals surface area contributed by atoms with E-state index in [1.54, 1.807) is 31.4 Å². The zero-order valence-electron chi connectivity index (χ0n) is 18.5. The van der Waals surface area contributed by atoms with E-state index >= 15 is 0 Å². The number of allylic oxidation sites excluding steroid dienone is 1. The molecule has 0 bridgehead atoms. The maximum Gasteiger partial charge on any atom is 0.269 e. The average Bonchev–Trinajstić information content (AvgIpc) is 3.21. The van der Waals surface area contributed by atoms with E-state index in [2.05, 4.69) is 15.6 Å². The molecule has 1 aromatic heterocycles. The lowest BCUT2D eigenvalue weighted by molar-refractivity contribution is -0.384. The molecule has 1 aliphatic rings. The van der Waals surface area contributed by atoms with Crippen LogP contribution in [0.2, 0.25) is 0 Å². The number of para-hydroxylation sites is 4. The average molecular weight is 455 g/mol. The van der Waals surface area contributed by atoms with Crippen molar-refractivity contribution in [2.75, 3.05) is 17.7 Å². The number of hydrogen-bond donors (Lipinski definition) is 2. The van der Waals surface area contributed by atoms with Crippen LogP contribution in [0.15, 0.2) is 84.1 Å². The molecule has 9 nitrogen and oxygen atoms in total. The third-order valence-corrected chi connectivity index (χ3v) is 5.85. The fraction of sp³-hybridized carbons (Fsp3) is 0.120. The Hall–Kier alpha value is -4.66. The molecule has 0 unspecified atom stereocenters. The van der Waals surface area contributed by atoms with Gasteiger partial charge in [0.05, 0.1) is 40.4 Å². The van der Waals surface area contributed by atoms with E-state index < -0.39 is 11.0 Å². The number of amides is 1. The van der Waals surface area contributed by atoms with Crippen molar-refractivity contribution in [1.82, 2.24) is 9.55 Å². The molecule has 3 aromatic carbocycles. The quantitative estimate of drug-likeness (QED) is 0.328. The third-order valence-electron chi connectivity index (χ3n) is 5.85. The van der Waals surface area contributed by atoms with Crippen molar-refractivity contribution in [3.8, 4) is 5.75 Å². The molecular formula is C25H21N5O4. The lowest BCUT2D eigenvalue weighted by Gasteiger charge is -2.30. The highest BCUT2D eigenvalue weighted by Crippen LogP contribution is 2.40. The van der Waals surface area contributed by atoms with Gasteiger partial charge in [-0.2, -0.15) is 0 Å². The third kappa shape index (κ3) is 3.53. The summed E-state index contributed by atoms with van der Waals surface area (Å²) < 4.78 is 7.33. The molecule has 0 radical (unpaired) electrons. The van der Waals surface area contributed by atoms with Gasteiger partial charge in [-0.05, 0) is 48.9 Å². The number of aromatic nitrogens is 2. The highest BCUT2D eigenvalue weighted by molar-refractivity contribution is 6.07. The molecule has 2 N–H and O–H groups in total. The molecule has 1 amide bonds. The first-order chi connectivity index (χ1) is 16.5. The van der Waals surface area contributed by atoms with E-state index in [4.69, 9.17) is 4.74 Å². The maximum absolute atomic E-state index is 13.7. The second-order valence-electron chi connectivity index (χ2n) is 7.86. The largest absolute Gasteiger partial charge is 0.495 e. The van der Waals surface area contributed by atoms with Crippen molar-refractivity contribution in [3.05, 3.63) is 99.7 Å². The van der Waals surface area contributed by atoms with Crippen LogP contribution in [0.1, 0.15) is 18.5 Å². The van der Waals surface area contributed by atoms with Crippen molar-refractivity contribution in [1.29, 1.82) is 0 Å². The number of carbonyl (C=O) groups is 1. The number of nitro benzene ring substituents is 1. The number of rotatable bonds is 5. The smallest absolute Gasteiger partial charge is 0.269 e. The Morgan fingerprint density at radius 3 is 2.53 bits per heavy atom. The van der Waals surface area contributed by atoms with Gasteiger partial charge < -0.3 is 15.4 Å². The number of methoxy groups -OCH3 is 1. The van der Waals surface area contributed by atoms with Crippen LogP contribution < -0.4 is 15.4 Å². The zero-order chi connectivity index (χ0) is 23.8. The molecule has 0 fully saturated rings. The number of nitro groups is 1. The minimum Gasteiger partial charge on any atom is -0.495 e. The summed E-state index contributed by atoms with van der Waals surface area (Å²) in [6.45, 7) is 1.82. The molecule has 5 rings (SSSR count). The number of imidazole rings is 1. The molecule has 0 aliphatic carbocycles. The van der Waals surface area contributed by atoms with Crippen LogP contribution in [0, 0.1) is 10.1 Å². The van der Waals surface area contributed by atoms with Crippen molar-refractivity contribution in [2.45, 2.75) is 13.0 Å². The van der Waals surface area contributed by atoms with Crippen molar-refractivity contribution in [2.24, 2.45) is 0 Å². The predicted octanol–water partition coefficient (Wildman–Crippen LogP) is 4.88. The fourth-order valence-corrected chi connectivity index (χ4v) is 4.29. The summed E-state index contributed by atoms with van der Waals surface area (Å²) in [5, 5.41) is 17.4. The molecule has 0 saturated carbocycles. The number of hydrogen-bond acceptors (Lipinski definition) is 6. The minimum absolute atomic E-state index is 0.0193. The van der Waals surface area contributed by atoms with Crippen molar-refractivity contribution < 1.29 is 14.5 Å². The maximum atomic E-state index is 13.7. The molecular weight excluding hydrogens is 434 g/mol. The summed E-state index contributed by atoms with van der Waals surface area (Å²) in [6.07, 6.45) is 0. The van der Waals surface area contributed by atoms with Crippen LogP contribution in [-0.4, -0.2) is 27.5 Å². The number of non-ortho nitro benzene ring substituents is 1. The Kier molecular flexibility index (Phi) is 5.21. The second kappa shape index (κ2) is 8.36. The lowest BCUT2D eigenvalue weighted by Crippen LogP contribution is -2.31. The Morgan fingerprint density at radius 1 is 1.09 bits per heavy atom. The van der Waals surface area contributed by atoms with Crippen LogP contribution in [0.25, 0.3) is 11.0 Å². The Labute approximate surface area is 194 Å². The molecule has 170 valence electrons. The van der Waals surface area contributed by atoms with Crippen LogP contribution in [0.3, 0.4) is 0 Å². The molecule has 0 spiro atoms. The van der Waals surface area contributed by atoms with Gasteiger partial charge in [0.15, 0.2) is 0 Å². The van der Waals surface area contributed by atoms with Gasteiger partial charge in [-0.3, -0.25) is 19.5 Å². The molecule has 4 aromatic rings. The first kappa shape index (κ1) is 21.2. The molecule has 9 heteroatoms. The Balaban J connectivity index is 1.65. The summed E-state index contributed by atoms with van der Waals surface area (Å²) in [5.41, 5.74) is 3.96. The SMILES string of the molecule is COc1ccccc1NC(=O)C1=C(C)Nc2nc3ccccc3n2[C@H]1c1ccc([N+](=O)[O-])cc1. The highest BCUT2D eigenvalue weighted by Gasteiger charge is 2.34. The van der Waals surface area contributed by atoms with Crippen LogP contribution >= 0.6 is 0 Å². The van der Waals surface area contributed by atoms with E-state index in [1.807, 2.05) is 47.9 Å². The number of benzene rings is 3. The summed E-state index contributed by atoms with van der Waals surface area (Å²) in [5.74, 6) is 0.815. The highest BCUT2D eigenvalue weighted by atomic mass is 16.6. The van der Waals surface area contributed by atoms with E-state index in [0.717, 1.165) is 16.6 Å². The first-order valence-electron chi connectivity index (χ1n) is 10.6. The monoisotopic (exact) mass is 455 g/mol. The summed E-state index contributed by atoms with van der Waals surface area (Å²) >= 11 is 0. The van der Waals surface area contributed by atoms with E-state index in [9.17, 15) is 14.9 Å². The van der Waals surface area contributed by atoms with E-state index in [1.165, 1.54) is 12.1 Å². The summed E-state index contributed by atoms with van der Waals surface area (Å²) in [4.78, 5) is 29.1. The number of nitrogens with zero attached hydrogens (tertiary/aromatic N) is 3. The number of carbonyl (C=O) groups excluding carboxylic acids is 1. The molecule has 0 saturated heterocycles. The second-order valence-corrected chi connectivity index (χ2v) is 7.86. The van der Waals surface area contributed by atoms with Gasteiger partial charge in [0, 0.05) is 17.8 Å².